The Hall–Kier alpha value is -3.61. The Bertz CT molecular complexity index is 1350. The van der Waals surface area contributed by atoms with Crippen LogP contribution < -0.4 is 10.9 Å². The van der Waals surface area contributed by atoms with Crippen LogP contribution in [-0.2, 0) is 20.0 Å². The second-order valence-corrected chi connectivity index (χ2v) is 7.87. The average Bonchev–Trinajstić information content (AvgIpc) is 3.16. The molecule has 2 aromatic carbocycles. The van der Waals surface area contributed by atoms with Gasteiger partial charge in [-0.1, -0.05) is 30.7 Å². The number of aromatic carboxylic acids is 1. The third-order valence-electron chi connectivity index (χ3n) is 5.55. The van der Waals surface area contributed by atoms with E-state index in [4.69, 9.17) is 0 Å². The highest BCUT2D eigenvalue weighted by atomic mass is 16.4. The number of pyridine rings is 1. The van der Waals surface area contributed by atoms with Crippen molar-refractivity contribution in [2.45, 2.75) is 33.2 Å². The van der Waals surface area contributed by atoms with Gasteiger partial charge in [-0.2, -0.15) is 5.10 Å². The molecule has 160 valence electrons. The normalized spacial score (nSPS) is 11.3. The number of carboxylic acid groups (broad SMARTS) is 1. The Labute approximate surface area is 179 Å². The first-order chi connectivity index (χ1) is 14.9. The molecule has 0 bridgehead atoms. The minimum absolute atomic E-state index is 0.0571. The number of benzene rings is 2. The van der Waals surface area contributed by atoms with E-state index in [1.54, 1.807) is 29.8 Å². The van der Waals surface area contributed by atoms with E-state index in [0.717, 1.165) is 34.9 Å². The summed E-state index contributed by atoms with van der Waals surface area (Å²) in [5.41, 5.74) is 3.52. The largest absolute Gasteiger partial charge is 0.478 e. The number of carboxylic acids is 1. The molecule has 0 spiro atoms. The second kappa shape index (κ2) is 8.26. The zero-order chi connectivity index (χ0) is 22.1. The van der Waals surface area contributed by atoms with Crippen LogP contribution in [0.3, 0.4) is 0 Å². The minimum atomic E-state index is -0.961. The van der Waals surface area contributed by atoms with Gasteiger partial charge in [0.1, 0.15) is 0 Å². The lowest BCUT2D eigenvalue weighted by atomic mass is 9.98. The van der Waals surface area contributed by atoms with Gasteiger partial charge in [-0.15, -0.1) is 0 Å². The van der Waals surface area contributed by atoms with Crippen molar-refractivity contribution in [3.8, 4) is 0 Å². The summed E-state index contributed by atoms with van der Waals surface area (Å²) < 4.78 is 3.52. The second-order valence-electron chi connectivity index (χ2n) is 7.87. The maximum Gasteiger partial charge on any atom is 0.337 e. The van der Waals surface area contributed by atoms with E-state index in [1.165, 1.54) is 0 Å². The third kappa shape index (κ3) is 3.79. The number of hydrogen-bond acceptors (Lipinski definition) is 4. The molecule has 0 fully saturated rings. The SMILES string of the molecule is CCCn1cc2c3c(CCNc4ccccc4C(=O)O)cc(C)cc3c(=O)n(C)c2n1. The standard InChI is InChI=1S/C24H26N4O3/c1-4-11-28-14-19-21-16(9-10-25-20-8-6-5-7-17(20)24(30)31)12-15(2)13-18(21)23(29)27(3)22(19)26-28/h5-8,12-14,25H,4,9-11H2,1-3H3,(H,30,31). The molecule has 31 heavy (non-hydrogen) atoms. The molecule has 0 radical (unpaired) electrons. The van der Waals surface area contributed by atoms with Crippen molar-refractivity contribution in [1.82, 2.24) is 14.3 Å². The van der Waals surface area contributed by atoms with Crippen LogP contribution >= 0.6 is 0 Å². The molecule has 0 atom stereocenters. The number of nitrogens with zero attached hydrogens (tertiary/aromatic N) is 3. The number of nitrogens with one attached hydrogen (secondary N) is 1. The molecule has 4 aromatic rings. The van der Waals surface area contributed by atoms with Crippen molar-refractivity contribution in [3.63, 3.8) is 0 Å². The first-order valence-corrected chi connectivity index (χ1v) is 10.5. The van der Waals surface area contributed by atoms with Crippen LogP contribution in [0.4, 0.5) is 5.69 Å². The van der Waals surface area contributed by atoms with E-state index >= 15 is 0 Å². The highest BCUT2D eigenvalue weighted by Crippen LogP contribution is 2.27. The monoisotopic (exact) mass is 418 g/mol. The summed E-state index contributed by atoms with van der Waals surface area (Å²) in [7, 11) is 1.76. The Morgan fingerprint density at radius 3 is 2.71 bits per heavy atom. The summed E-state index contributed by atoms with van der Waals surface area (Å²) in [6.07, 6.45) is 3.62. The number of rotatable bonds is 7. The molecule has 2 heterocycles. The van der Waals surface area contributed by atoms with Gasteiger partial charge in [-0.05, 0) is 43.5 Å². The first-order valence-electron chi connectivity index (χ1n) is 10.5. The van der Waals surface area contributed by atoms with Gasteiger partial charge in [0.25, 0.3) is 5.56 Å². The van der Waals surface area contributed by atoms with Gasteiger partial charge in [0.2, 0.25) is 0 Å². The van der Waals surface area contributed by atoms with Gasteiger partial charge in [-0.3, -0.25) is 14.0 Å². The van der Waals surface area contributed by atoms with Crippen molar-refractivity contribution >= 4 is 33.5 Å². The molecule has 2 N–H and O–H groups in total. The summed E-state index contributed by atoms with van der Waals surface area (Å²) in [6, 6.07) is 10.9. The number of fused-ring (bicyclic) bond motifs is 3. The van der Waals surface area contributed by atoms with Crippen LogP contribution in [0, 0.1) is 6.92 Å². The van der Waals surface area contributed by atoms with Crippen LogP contribution in [0.15, 0.2) is 47.4 Å². The maximum absolute atomic E-state index is 13.1. The topological polar surface area (TPSA) is 89.2 Å². The van der Waals surface area contributed by atoms with Crippen molar-refractivity contribution in [2.24, 2.45) is 7.05 Å². The highest BCUT2D eigenvalue weighted by Gasteiger charge is 2.16. The van der Waals surface area contributed by atoms with Gasteiger partial charge in [0.15, 0.2) is 5.65 Å². The summed E-state index contributed by atoms with van der Waals surface area (Å²) in [5, 5.41) is 19.9. The predicted molar refractivity (Wildman–Crippen MR) is 123 cm³/mol. The third-order valence-corrected chi connectivity index (χ3v) is 5.55. The lowest BCUT2D eigenvalue weighted by Gasteiger charge is -2.13. The molecule has 0 aliphatic rings. The molecule has 0 saturated heterocycles. The lowest BCUT2D eigenvalue weighted by molar-refractivity contribution is 0.0698. The Kier molecular flexibility index (Phi) is 5.50. The van der Waals surface area contributed by atoms with Gasteiger partial charge in [0.05, 0.1) is 5.56 Å². The summed E-state index contributed by atoms with van der Waals surface area (Å²) in [6.45, 7) is 5.42. The fourth-order valence-corrected chi connectivity index (χ4v) is 4.16. The Morgan fingerprint density at radius 1 is 1.19 bits per heavy atom. The molecule has 0 aliphatic heterocycles. The van der Waals surface area contributed by atoms with Crippen molar-refractivity contribution in [1.29, 1.82) is 0 Å². The zero-order valence-electron chi connectivity index (χ0n) is 18.0. The number of anilines is 1. The number of carbonyl (C=O) groups is 1. The fraction of sp³-hybridized carbons (Fsp3) is 0.292. The van der Waals surface area contributed by atoms with Crippen molar-refractivity contribution < 1.29 is 9.90 Å². The predicted octanol–water partition coefficient (Wildman–Crippen LogP) is 3.96. The molecule has 0 amide bonds. The molecular formula is C24H26N4O3. The molecule has 4 rings (SSSR count). The van der Waals surface area contributed by atoms with Crippen molar-refractivity contribution in [3.05, 3.63) is 69.6 Å². The van der Waals surface area contributed by atoms with Crippen LogP contribution in [0.2, 0.25) is 0 Å². The maximum atomic E-state index is 13.1. The molecular weight excluding hydrogens is 392 g/mol. The quantitative estimate of drug-likeness (QED) is 0.474. The molecule has 0 unspecified atom stereocenters. The lowest BCUT2D eigenvalue weighted by Crippen LogP contribution is -2.18. The molecule has 0 aliphatic carbocycles. The van der Waals surface area contributed by atoms with E-state index in [1.807, 2.05) is 29.9 Å². The van der Waals surface area contributed by atoms with Gasteiger partial charge >= 0.3 is 5.97 Å². The molecule has 7 nitrogen and oxygen atoms in total. The van der Waals surface area contributed by atoms with Crippen LogP contribution in [0.5, 0.6) is 0 Å². The van der Waals surface area contributed by atoms with E-state index in [9.17, 15) is 14.7 Å². The number of aryl methyl sites for hydroxylation is 3. The van der Waals surface area contributed by atoms with Gasteiger partial charge in [-0.25, -0.2) is 4.79 Å². The average molecular weight is 418 g/mol. The first kappa shape index (κ1) is 20.7. The van der Waals surface area contributed by atoms with Crippen LogP contribution in [-0.4, -0.2) is 32.0 Å². The summed E-state index contributed by atoms with van der Waals surface area (Å²) in [4.78, 5) is 24.5. The zero-order valence-corrected chi connectivity index (χ0v) is 18.0. The van der Waals surface area contributed by atoms with Gasteiger partial charge in [0, 0.05) is 48.2 Å². The van der Waals surface area contributed by atoms with Crippen LogP contribution in [0.25, 0.3) is 21.8 Å². The van der Waals surface area contributed by atoms with Crippen LogP contribution in [0.1, 0.15) is 34.8 Å². The Balaban J connectivity index is 1.77. The molecule has 0 saturated carbocycles. The molecule has 2 aromatic heterocycles. The highest BCUT2D eigenvalue weighted by molar-refractivity contribution is 6.06. The van der Waals surface area contributed by atoms with E-state index < -0.39 is 5.97 Å². The number of para-hydroxylation sites is 1. The van der Waals surface area contributed by atoms with E-state index in [0.29, 0.717) is 29.7 Å². The van der Waals surface area contributed by atoms with E-state index in [-0.39, 0.29) is 11.1 Å². The smallest absolute Gasteiger partial charge is 0.337 e. The number of hydrogen-bond donors (Lipinski definition) is 2. The van der Waals surface area contributed by atoms with E-state index in [2.05, 4.69) is 23.4 Å². The summed E-state index contributed by atoms with van der Waals surface area (Å²) >= 11 is 0. The minimum Gasteiger partial charge on any atom is -0.478 e. The summed E-state index contributed by atoms with van der Waals surface area (Å²) in [5.74, 6) is -0.961. The number of aromatic nitrogens is 3. The fourth-order valence-electron chi connectivity index (χ4n) is 4.16. The van der Waals surface area contributed by atoms with Gasteiger partial charge < -0.3 is 10.4 Å². The molecule has 7 heteroatoms. The Morgan fingerprint density at radius 2 is 1.97 bits per heavy atom. The van der Waals surface area contributed by atoms with Crippen molar-refractivity contribution in [2.75, 3.05) is 11.9 Å².